The Morgan fingerprint density at radius 2 is 1.59 bits per heavy atom. The average molecular weight is 308 g/mol. The molecule has 2 aromatic rings. The van der Waals surface area contributed by atoms with Gasteiger partial charge in [-0.25, -0.2) is 0 Å². The predicted molar refractivity (Wildman–Crippen MR) is 77.3 cm³/mol. The molecule has 0 saturated carbocycles. The molecule has 0 aliphatic rings. The lowest BCUT2D eigenvalue weighted by Gasteiger charge is -2.11. The number of rotatable bonds is 6. The molecular weight excluding hydrogens is 293 g/mol. The maximum atomic E-state index is 12.4. The summed E-state index contributed by atoms with van der Waals surface area (Å²) >= 11 is 0. The molecular formula is C17H15F3O2. The van der Waals surface area contributed by atoms with Gasteiger partial charge in [-0.3, -0.25) is 0 Å². The minimum Gasteiger partial charge on any atom is -0.460 e. The molecule has 0 heterocycles. The highest BCUT2D eigenvalue weighted by molar-refractivity contribution is 5.30. The van der Waals surface area contributed by atoms with Gasteiger partial charge in [0.1, 0.15) is 18.1 Å². The zero-order valence-corrected chi connectivity index (χ0v) is 11.8. The van der Waals surface area contributed by atoms with E-state index in [4.69, 9.17) is 9.47 Å². The number of ether oxygens (including phenoxy) is 2. The van der Waals surface area contributed by atoms with Gasteiger partial charge in [-0.05, 0) is 29.8 Å². The van der Waals surface area contributed by atoms with Crippen LogP contribution in [0.4, 0.5) is 13.2 Å². The predicted octanol–water partition coefficient (Wildman–Crippen LogP) is 4.81. The number of benzene rings is 2. The highest BCUT2D eigenvalue weighted by atomic mass is 19.4. The molecule has 2 aromatic carbocycles. The van der Waals surface area contributed by atoms with E-state index in [2.05, 4.69) is 6.58 Å². The van der Waals surface area contributed by atoms with Crippen LogP contribution in [0.25, 0.3) is 0 Å². The summed E-state index contributed by atoms with van der Waals surface area (Å²) in [6, 6.07) is 14.0. The minimum absolute atomic E-state index is 0.163. The van der Waals surface area contributed by atoms with Gasteiger partial charge in [0.05, 0.1) is 12.2 Å². The lowest BCUT2D eigenvalue weighted by molar-refractivity contribution is -0.137. The van der Waals surface area contributed by atoms with Crippen LogP contribution < -0.4 is 4.74 Å². The average Bonchev–Trinajstić information content (AvgIpc) is 2.48. The van der Waals surface area contributed by atoms with Crippen molar-refractivity contribution in [2.75, 3.05) is 6.61 Å². The van der Waals surface area contributed by atoms with Crippen LogP contribution in [0.1, 0.15) is 11.1 Å². The molecule has 0 fully saturated rings. The summed E-state index contributed by atoms with van der Waals surface area (Å²) in [7, 11) is 0. The van der Waals surface area contributed by atoms with Crippen LogP contribution in [0.15, 0.2) is 66.9 Å². The lowest BCUT2D eigenvalue weighted by Crippen LogP contribution is -2.06. The zero-order chi connectivity index (χ0) is 16.0. The maximum Gasteiger partial charge on any atom is 0.416 e. The standard InChI is InChI=1S/C17H15F3O2/c1-13(11-21-12-14-5-3-2-4-6-14)22-16-9-7-15(8-10-16)17(18,19)20/h2-10H,1,11-12H2. The molecule has 5 heteroatoms. The Bertz CT molecular complexity index is 604. The second kappa shape index (κ2) is 7.13. The van der Waals surface area contributed by atoms with E-state index >= 15 is 0 Å². The molecule has 0 bridgehead atoms. The monoisotopic (exact) mass is 308 g/mol. The molecule has 2 nitrogen and oxygen atoms in total. The van der Waals surface area contributed by atoms with Gasteiger partial charge < -0.3 is 9.47 Å². The van der Waals surface area contributed by atoms with Crippen molar-refractivity contribution in [3.05, 3.63) is 78.1 Å². The molecule has 2 rings (SSSR count). The van der Waals surface area contributed by atoms with Crippen molar-refractivity contribution in [3.8, 4) is 5.75 Å². The van der Waals surface area contributed by atoms with Crippen molar-refractivity contribution in [1.29, 1.82) is 0 Å². The van der Waals surface area contributed by atoms with Crippen molar-refractivity contribution in [1.82, 2.24) is 0 Å². The van der Waals surface area contributed by atoms with Crippen LogP contribution >= 0.6 is 0 Å². The van der Waals surface area contributed by atoms with Crippen molar-refractivity contribution < 1.29 is 22.6 Å². The van der Waals surface area contributed by atoms with E-state index < -0.39 is 11.7 Å². The Hall–Kier alpha value is -2.27. The van der Waals surface area contributed by atoms with Crippen molar-refractivity contribution in [2.45, 2.75) is 12.8 Å². The maximum absolute atomic E-state index is 12.4. The molecule has 0 N–H and O–H groups in total. The van der Waals surface area contributed by atoms with E-state index in [1.165, 1.54) is 12.1 Å². The molecule has 0 unspecified atom stereocenters. The van der Waals surface area contributed by atoms with E-state index in [9.17, 15) is 13.2 Å². The summed E-state index contributed by atoms with van der Waals surface area (Å²) in [4.78, 5) is 0. The molecule has 0 saturated heterocycles. The zero-order valence-electron chi connectivity index (χ0n) is 11.8. The molecule has 22 heavy (non-hydrogen) atoms. The molecule has 0 aromatic heterocycles. The van der Waals surface area contributed by atoms with Gasteiger partial charge in [-0.2, -0.15) is 13.2 Å². The summed E-state index contributed by atoms with van der Waals surface area (Å²) in [5.41, 5.74) is 0.301. The lowest BCUT2D eigenvalue weighted by atomic mass is 10.2. The topological polar surface area (TPSA) is 18.5 Å². The summed E-state index contributed by atoms with van der Waals surface area (Å²) in [6.45, 7) is 4.26. The molecule has 0 amide bonds. The van der Waals surface area contributed by atoms with E-state index in [1.54, 1.807) is 0 Å². The third-order valence-electron chi connectivity index (χ3n) is 2.82. The smallest absolute Gasteiger partial charge is 0.416 e. The molecule has 0 radical (unpaired) electrons. The second-order valence-electron chi connectivity index (χ2n) is 4.64. The summed E-state index contributed by atoms with van der Waals surface area (Å²) in [5, 5.41) is 0. The van der Waals surface area contributed by atoms with E-state index in [1.807, 2.05) is 30.3 Å². The molecule has 0 aliphatic heterocycles. The van der Waals surface area contributed by atoms with Crippen molar-refractivity contribution in [2.24, 2.45) is 0 Å². The first kappa shape index (κ1) is 16.1. The Morgan fingerprint density at radius 1 is 0.955 bits per heavy atom. The van der Waals surface area contributed by atoms with Gasteiger partial charge in [0, 0.05) is 0 Å². The van der Waals surface area contributed by atoms with Gasteiger partial charge >= 0.3 is 6.18 Å². The van der Waals surface area contributed by atoms with E-state index in [-0.39, 0.29) is 6.61 Å². The van der Waals surface area contributed by atoms with Gasteiger partial charge in [0.25, 0.3) is 0 Å². The third-order valence-corrected chi connectivity index (χ3v) is 2.82. The van der Waals surface area contributed by atoms with Crippen LogP contribution in [-0.4, -0.2) is 6.61 Å². The van der Waals surface area contributed by atoms with Gasteiger partial charge in [0.2, 0.25) is 0 Å². The first-order valence-corrected chi connectivity index (χ1v) is 6.60. The fraction of sp³-hybridized carbons (Fsp3) is 0.176. The van der Waals surface area contributed by atoms with Gasteiger partial charge in [-0.1, -0.05) is 36.9 Å². The third kappa shape index (κ3) is 4.93. The Balaban J connectivity index is 1.79. The Labute approximate surface area is 126 Å². The highest BCUT2D eigenvalue weighted by Crippen LogP contribution is 2.30. The summed E-state index contributed by atoms with van der Waals surface area (Å²) < 4.78 is 48.1. The summed E-state index contributed by atoms with van der Waals surface area (Å²) in [6.07, 6.45) is -4.35. The fourth-order valence-electron chi connectivity index (χ4n) is 1.77. The second-order valence-corrected chi connectivity index (χ2v) is 4.64. The van der Waals surface area contributed by atoms with Crippen LogP contribution in [0.5, 0.6) is 5.75 Å². The largest absolute Gasteiger partial charge is 0.460 e. The Morgan fingerprint density at radius 3 is 2.18 bits per heavy atom. The van der Waals surface area contributed by atoms with Crippen molar-refractivity contribution >= 4 is 0 Å². The number of alkyl halides is 3. The molecule has 0 atom stereocenters. The number of halogens is 3. The van der Waals surface area contributed by atoms with Gasteiger partial charge in [-0.15, -0.1) is 0 Å². The van der Waals surface area contributed by atoms with Crippen LogP contribution in [0.3, 0.4) is 0 Å². The van der Waals surface area contributed by atoms with Crippen LogP contribution in [0, 0.1) is 0 Å². The normalized spacial score (nSPS) is 11.2. The van der Waals surface area contributed by atoms with Crippen molar-refractivity contribution in [3.63, 3.8) is 0 Å². The van der Waals surface area contributed by atoms with Crippen LogP contribution in [-0.2, 0) is 17.5 Å². The Kier molecular flexibility index (Phi) is 5.22. The SMILES string of the molecule is C=C(COCc1ccccc1)Oc1ccc(C(F)(F)F)cc1. The quantitative estimate of drug-likeness (QED) is 0.713. The molecule has 0 spiro atoms. The van der Waals surface area contributed by atoms with Crippen LogP contribution in [0.2, 0.25) is 0 Å². The minimum atomic E-state index is -4.35. The van der Waals surface area contributed by atoms with E-state index in [0.29, 0.717) is 18.1 Å². The summed E-state index contributed by atoms with van der Waals surface area (Å²) in [5.74, 6) is 0.622. The fourth-order valence-corrected chi connectivity index (χ4v) is 1.77. The number of hydrogen-bond donors (Lipinski definition) is 0. The first-order chi connectivity index (χ1) is 10.4. The molecule has 116 valence electrons. The van der Waals surface area contributed by atoms with E-state index in [0.717, 1.165) is 17.7 Å². The first-order valence-electron chi connectivity index (χ1n) is 6.60. The number of hydrogen-bond acceptors (Lipinski definition) is 2. The van der Waals surface area contributed by atoms with Gasteiger partial charge in [0.15, 0.2) is 0 Å². The highest BCUT2D eigenvalue weighted by Gasteiger charge is 2.30. The molecule has 0 aliphatic carbocycles.